The number of hydrogen-bond acceptors (Lipinski definition) is 2. The number of rotatable bonds is 51. The highest BCUT2D eigenvalue weighted by Gasteiger charge is 2.02. The number of aliphatic hydroxyl groups excluding tert-OH is 1. The maximum atomic E-state index is 12.2. The first kappa shape index (κ1) is 56.4. The Morgan fingerprint density at radius 2 is 0.544 bits per heavy atom. The van der Waals surface area contributed by atoms with Gasteiger partial charge in [0.25, 0.3) is 0 Å². The van der Waals surface area contributed by atoms with Crippen LogP contribution in [0.2, 0.25) is 0 Å². The first-order chi connectivity index (χ1) is 28.2. The molecule has 0 bridgehead atoms. The SMILES string of the molecule is CCCCCCCCCCCCCCCCCCCCCCCCCCNC(=O)CCCCCCCCCCCCCCCCCCCCCCCCCC(C)O. The Morgan fingerprint density at radius 1 is 0.333 bits per heavy atom. The van der Waals surface area contributed by atoms with Crippen LogP contribution in [0.15, 0.2) is 0 Å². The zero-order chi connectivity index (χ0) is 41.2. The van der Waals surface area contributed by atoms with Crippen LogP contribution in [0.4, 0.5) is 0 Å². The molecule has 0 rings (SSSR count). The lowest BCUT2D eigenvalue weighted by molar-refractivity contribution is -0.121. The van der Waals surface area contributed by atoms with E-state index in [0.29, 0.717) is 0 Å². The van der Waals surface area contributed by atoms with Crippen molar-refractivity contribution in [2.75, 3.05) is 6.54 Å². The molecule has 0 aromatic heterocycles. The zero-order valence-electron chi connectivity index (χ0n) is 39.8. The van der Waals surface area contributed by atoms with E-state index in [1.54, 1.807) is 0 Å². The van der Waals surface area contributed by atoms with Gasteiger partial charge in [-0.05, 0) is 26.2 Å². The molecule has 0 fully saturated rings. The van der Waals surface area contributed by atoms with E-state index < -0.39 is 0 Å². The normalized spacial score (nSPS) is 12.1. The van der Waals surface area contributed by atoms with Crippen LogP contribution in [0.5, 0.6) is 0 Å². The molecular weight excluding hydrogens is 695 g/mol. The van der Waals surface area contributed by atoms with E-state index >= 15 is 0 Å². The second-order valence-corrected chi connectivity index (χ2v) is 19.0. The maximum Gasteiger partial charge on any atom is 0.219 e. The van der Waals surface area contributed by atoms with E-state index in [4.69, 9.17) is 0 Å². The van der Waals surface area contributed by atoms with Gasteiger partial charge >= 0.3 is 0 Å². The molecule has 0 aliphatic rings. The number of carbonyl (C=O) groups is 1. The number of hydrogen-bond donors (Lipinski definition) is 2. The smallest absolute Gasteiger partial charge is 0.219 e. The fourth-order valence-corrected chi connectivity index (χ4v) is 8.84. The fraction of sp³-hybridized carbons (Fsp3) is 0.981. The molecule has 0 aromatic rings. The van der Waals surface area contributed by atoms with Gasteiger partial charge in [-0.2, -0.15) is 0 Å². The number of carbonyl (C=O) groups excluding carboxylic acids is 1. The molecule has 342 valence electrons. The van der Waals surface area contributed by atoms with Gasteiger partial charge in [-0.3, -0.25) is 4.79 Å². The zero-order valence-corrected chi connectivity index (χ0v) is 39.8. The van der Waals surface area contributed by atoms with E-state index in [1.165, 1.54) is 289 Å². The van der Waals surface area contributed by atoms with Crippen molar-refractivity contribution < 1.29 is 9.90 Å². The molecular formula is C54H109NO2. The molecule has 0 aliphatic carbocycles. The lowest BCUT2D eigenvalue weighted by atomic mass is 10.0. The third-order valence-electron chi connectivity index (χ3n) is 12.9. The Labute approximate surface area is 361 Å². The number of amides is 1. The van der Waals surface area contributed by atoms with Gasteiger partial charge in [-0.25, -0.2) is 0 Å². The minimum atomic E-state index is -0.113. The standard InChI is InChI=1S/C54H109NO2/c1-3-4-5-6-7-8-9-10-11-12-13-14-15-19-22-25-28-31-34-37-40-43-46-49-52-55-54(57)51-48-45-42-39-36-33-30-27-24-21-18-16-17-20-23-26-29-32-35-38-41-44-47-50-53(2)56/h53,56H,3-52H2,1-2H3,(H,55,57). The van der Waals surface area contributed by atoms with Crippen molar-refractivity contribution in [2.24, 2.45) is 0 Å². The molecule has 3 nitrogen and oxygen atoms in total. The molecule has 1 amide bonds. The molecule has 0 aromatic carbocycles. The van der Waals surface area contributed by atoms with Crippen LogP contribution < -0.4 is 5.32 Å². The molecule has 0 saturated heterocycles. The topological polar surface area (TPSA) is 49.3 Å². The second kappa shape index (κ2) is 51.6. The van der Waals surface area contributed by atoms with Crippen molar-refractivity contribution in [1.82, 2.24) is 5.32 Å². The molecule has 3 heteroatoms. The highest BCUT2D eigenvalue weighted by atomic mass is 16.3. The lowest BCUT2D eigenvalue weighted by Gasteiger charge is -2.06. The van der Waals surface area contributed by atoms with Crippen molar-refractivity contribution in [3.05, 3.63) is 0 Å². The number of nitrogens with one attached hydrogen (secondary N) is 1. The summed E-state index contributed by atoms with van der Waals surface area (Å²) in [5.41, 5.74) is 0. The summed E-state index contributed by atoms with van der Waals surface area (Å²) in [4.78, 5) is 12.2. The summed E-state index contributed by atoms with van der Waals surface area (Å²) in [6.07, 6.45) is 67.5. The van der Waals surface area contributed by atoms with Crippen LogP contribution in [-0.4, -0.2) is 23.7 Å². The summed E-state index contributed by atoms with van der Waals surface area (Å²) in [7, 11) is 0. The van der Waals surface area contributed by atoms with Gasteiger partial charge in [0.2, 0.25) is 5.91 Å². The Balaban J connectivity index is 3.14. The average Bonchev–Trinajstić information content (AvgIpc) is 3.20. The number of aliphatic hydroxyl groups is 1. The van der Waals surface area contributed by atoms with Gasteiger partial charge < -0.3 is 10.4 Å². The quantitative estimate of drug-likeness (QED) is 0.0602. The van der Waals surface area contributed by atoms with Gasteiger partial charge in [-0.1, -0.05) is 296 Å². The van der Waals surface area contributed by atoms with Crippen LogP contribution in [0.3, 0.4) is 0 Å². The van der Waals surface area contributed by atoms with E-state index in [1.807, 2.05) is 6.92 Å². The summed E-state index contributed by atoms with van der Waals surface area (Å²) >= 11 is 0. The average molecular weight is 804 g/mol. The largest absolute Gasteiger partial charge is 0.393 e. The molecule has 0 saturated carbocycles. The Morgan fingerprint density at radius 3 is 0.789 bits per heavy atom. The summed E-state index contributed by atoms with van der Waals surface area (Å²) in [5.74, 6) is 0.280. The van der Waals surface area contributed by atoms with Crippen molar-refractivity contribution in [2.45, 2.75) is 335 Å². The summed E-state index contributed by atoms with van der Waals surface area (Å²) in [6.45, 7) is 5.09. The molecule has 0 heterocycles. The van der Waals surface area contributed by atoms with Crippen molar-refractivity contribution >= 4 is 5.91 Å². The van der Waals surface area contributed by atoms with E-state index in [2.05, 4.69) is 12.2 Å². The van der Waals surface area contributed by atoms with Crippen molar-refractivity contribution in [1.29, 1.82) is 0 Å². The molecule has 1 atom stereocenters. The Bertz CT molecular complexity index is 723. The summed E-state index contributed by atoms with van der Waals surface area (Å²) in [6, 6.07) is 0. The monoisotopic (exact) mass is 804 g/mol. The highest BCUT2D eigenvalue weighted by molar-refractivity contribution is 5.75. The van der Waals surface area contributed by atoms with E-state index in [9.17, 15) is 9.90 Å². The third-order valence-corrected chi connectivity index (χ3v) is 12.9. The van der Waals surface area contributed by atoms with E-state index in [-0.39, 0.29) is 12.0 Å². The van der Waals surface area contributed by atoms with Gasteiger partial charge in [0.1, 0.15) is 0 Å². The molecule has 0 aliphatic heterocycles. The van der Waals surface area contributed by atoms with Crippen LogP contribution in [-0.2, 0) is 4.79 Å². The molecule has 1 unspecified atom stereocenters. The minimum absolute atomic E-state index is 0.113. The Hall–Kier alpha value is -0.570. The lowest BCUT2D eigenvalue weighted by Crippen LogP contribution is -2.23. The fourth-order valence-electron chi connectivity index (χ4n) is 8.84. The van der Waals surface area contributed by atoms with Crippen LogP contribution >= 0.6 is 0 Å². The van der Waals surface area contributed by atoms with E-state index in [0.717, 1.165) is 32.2 Å². The van der Waals surface area contributed by atoms with Crippen LogP contribution in [0, 0.1) is 0 Å². The van der Waals surface area contributed by atoms with Gasteiger partial charge in [0, 0.05) is 13.0 Å². The van der Waals surface area contributed by atoms with Crippen LogP contribution in [0.1, 0.15) is 328 Å². The maximum absolute atomic E-state index is 12.2. The summed E-state index contributed by atoms with van der Waals surface area (Å²) < 4.78 is 0. The summed E-state index contributed by atoms with van der Waals surface area (Å²) in [5, 5.41) is 12.5. The molecule has 57 heavy (non-hydrogen) atoms. The first-order valence-electron chi connectivity index (χ1n) is 27.1. The minimum Gasteiger partial charge on any atom is -0.393 e. The van der Waals surface area contributed by atoms with Gasteiger partial charge in [0.05, 0.1) is 6.10 Å². The predicted octanol–water partition coefficient (Wildman–Crippen LogP) is 18.6. The molecule has 2 N–H and O–H groups in total. The first-order valence-corrected chi connectivity index (χ1v) is 27.1. The van der Waals surface area contributed by atoms with Crippen molar-refractivity contribution in [3.63, 3.8) is 0 Å². The Kier molecular flexibility index (Phi) is 51.1. The van der Waals surface area contributed by atoms with Gasteiger partial charge in [0.15, 0.2) is 0 Å². The predicted molar refractivity (Wildman–Crippen MR) is 257 cm³/mol. The second-order valence-electron chi connectivity index (χ2n) is 19.0. The van der Waals surface area contributed by atoms with Gasteiger partial charge in [-0.15, -0.1) is 0 Å². The number of unbranched alkanes of at least 4 members (excludes halogenated alkanes) is 45. The van der Waals surface area contributed by atoms with Crippen molar-refractivity contribution in [3.8, 4) is 0 Å². The third kappa shape index (κ3) is 53.4. The highest BCUT2D eigenvalue weighted by Crippen LogP contribution is 2.18. The molecule has 0 spiro atoms. The molecule has 0 radical (unpaired) electrons. The van der Waals surface area contributed by atoms with Crippen LogP contribution in [0.25, 0.3) is 0 Å².